The second-order valence-corrected chi connectivity index (χ2v) is 6.71. The number of rotatable bonds is 5. The van der Waals surface area contributed by atoms with Crippen LogP contribution in [0.15, 0.2) is 72.8 Å². The fourth-order valence-corrected chi connectivity index (χ4v) is 3.49. The number of nitrogens with one attached hydrogen (secondary N) is 1. The van der Waals surface area contributed by atoms with E-state index in [1.54, 1.807) is 0 Å². The molecule has 4 rings (SSSR count). The molecule has 3 nitrogen and oxygen atoms in total. The molecule has 3 aromatic rings. The van der Waals surface area contributed by atoms with Crippen molar-refractivity contribution in [3.63, 3.8) is 0 Å². The van der Waals surface area contributed by atoms with Gasteiger partial charge in [-0.15, -0.1) is 0 Å². The molecule has 126 valence electrons. The fourth-order valence-electron chi connectivity index (χ4n) is 3.49. The van der Waals surface area contributed by atoms with Crippen LogP contribution in [0.4, 0.5) is 0 Å². The van der Waals surface area contributed by atoms with Gasteiger partial charge in [-0.1, -0.05) is 66.7 Å². The molecule has 0 saturated heterocycles. The average molecular weight is 331 g/mol. The van der Waals surface area contributed by atoms with Crippen LogP contribution in [0.2, 0.25) is 0 Å². The Morgan fingerprint density at radius 1 is 1.00 bits per heavy atom. The minimum absolute atomic E-state index is 0.0110. The lowest BCUT2D eigenvalue weighted by Gasteiger charge is -2.17. The maximum atomic E-state index is 12.6. The van der Waals surface area contributed by atoms with E-state index in [1.165, 1.54) is 5.56 Å². The van der Waals surface area contributed by atoms with Crippen molar-refractivity contribution in [1.29, 1.82) is 0 Å². The van der Waals surface area contributed by atoms with E-state index in [0.29, 0.717) is 5.92 Å². The second kappa shape index (κ2) is 6.69. The third-order valence-corrected chi connectivity index (χ3v) is 5.03. The summed E-state index contributed by atoms with van der Waals surface area (Å²) >= 11 is 0. The molecule has 0 aliphatic heterocycles. The summed E-state index contributed by atoms with van der Waals surface area (Å²) in [6.07, 6.45) is 0.881. The van der Waals surface area contributed by atoms with Crippen molar-refractivity contribution in [2.75, 3.05) is 6.61 Å². The van der Waals surface area contributed by atoms with Crippen LogP contribution in [0.3, 0.4) is 0 Å². The first-order valence-corrected chi connectivity index (χ1v) is 8.71. The molecule has 0 radical (unpaired) electrons. The number of carbonyl (C=O) groups is 1. The Morgan fingerprint density at radius 3 is 2.48 bits per heavy atom. The van der Waals surface area contributed by atoms with E-state index in [9.17, 15) is 9.90 Å². The predicted molar refractivity (Wildman–Crippen MR) is 99.2 cm³/mol. The molecule has 2 unspecified atom stereocenters. The van der Waals surface area contributed by atoms with E-state index in [4.69, 9.17) is 0 Å². The maximum absolute atomic E-state index is 12.6. The molecule has 0 spiro atoms. The first-order chi connectivity index (χ1) is 12.3. The summed E-state index contributed by atoms with van der Waals surface area (Å²) in [7, 11) is 0. The van der Waals surface area contributed by atoms with Gasteiger partial charge in [0.25, 0.3) is 0 Å². The largest absolute Gasteiger partial charge is 0.394 e. The molecule has 0 bridgehead atoms. The van der Waals surface area contributed by atoms with E-state index in [-0.39, 0.29) is 24.5 Å². The Bertz CT molecular complexity index is 891. The van der Waals surface area contributed by atoms with Gasteiger partial charge in [-0.3, -0.25) is 4.79 Å². The molecule has 3 aromatic carbocycles. The van der Waals surface area contributed by atoms with E-state index in [0.717, 1.165) is 22.8 Å². The Balaban J connectivity index is 1.47. The Morgan fingerprint density at radius 2 is 1.72 bits per heavy atom. The lowest BCUT2D eigenvalue weighted by Crippen LogP contribution is -2.32. The fraction of sp³-hybridized carbons (Fsp3) is 0.227. The Labute approximate surface area is 147 Å². The van der Waals surface area contributed by atoms with Crippen LogP contribution in [-0.4, -0.2) is 17.6 Å². The lowest BCUT2D eigenvalue weighted by molar-refractivity contribution is -0.123. The highest BCUT2D eigenvalue weighted by molar-refractivity contribution is 5.85. The van der Waals surface area contributed by atoms with Crippen molar-refractivity contribution in [2.45, 2.75) is 18.4 Å². The standard InChI is InChI=1S/C22H21NO2/c24-14-21(18-11-10-15-6-4-5-9-17(15)12-18)23-22(25)20-13-19(20)16-7-2-1-3-8-16/h1-12,19-21,24H,13-14H2,(H,23,25)/t19?,20?,21-/m0/s1. The predicted octanol–water partition coefficient (Wildman–Crippen LogP) is 3.79. The molecule has 2 N–H and O–H groups in total. The third kappa shape index (κ3) is 3.28. The van der Waals surface area contributed by atoms with Crippen LogP contribution in [0, 0.1) is 5.92 Å². The highest BCUT2D eigenvalue weighted by Crippen LogP contribution is 2.47. The minimum Gasteiger partial charge on any atom is -0.394 e. The first kappa shape index (κ1) is 15.9. The normalized spacial score (nSPS) is 20.2. The van der Waals surface area contributed by atoms with E-state index in [2.05, 4.69) is 23.5 Å². The number of fused-ring (bicyclic) bond motifs is 1. The maximum Gasteiger partial charge on any atom is 0.224 e. The zero-order valence-corrected chi connectivity index (χ0v) is 13.9. The van der Waals surface area contributed by atoms with Crippen LogP contribution in [0.25, 0.3) is 10.8 Å². The molecule has 1 aliphatic rings. The monoisotopic (exact) mass is 331 g/mol. The summed E-state index contributed by atoms with van der Waals surface area (Å²) in [4.78, 5) is 12.6. The second-order valence-electron chi connectivity index (χ2n) is 6.71. The van der Waals surface area contributed by atoms with Gasteiger partial charge in [0.2, 0.25) is 5.91 Å². The van der Waals surface area contributed by atoms with Crippen LogP contribution >= 0.6 is 0 Å². The van der Waals surface area contributed by atoms with Gasteiger partial charge in [0.05, 0.1) is 12.6 Å². The van der Waals surface area contributed by atoms with E-state index >= 15 is 0 Å². The number of hydrogen-bond donors (Lipinski definition) is 2. The number of amides is 1. The highest BCUT2D eigenvalue weighted by atomic mass is 16.3. The minimum atomic E-state index is -0.367. The topological polar surface area (TPSA) is 49.3 Å². The van der Waals surface area contributed by atoms with Gasteiger partial charge in [0.15, 0.2) is 0 Å². The van der Waals surface area contributed by atoms with Gasteiger partial charge in [-0.25, -0.2) is 0 Å². The molecular formula is C22H21NO2. The number of aliphatic hydroxyl groups excluding tert-OH is 1. The summed E-state index contributed by atoms with van der Waals surface area (Å²) in [5, 5.41) is 15.1. The van der Waals surface area contributed by atoms with Crippen molar-refractivity contribution < 1.29 is 9.90 Å². The van der Waals surface area contributed by atoms with Crippen molar-refractivity contribution in [1.82, 2.24) is 5.32 Å². The molecular weight excluding hydrogens is 310 g/mol. The Kier molecular flexibility index (Phi) is 4.24. The number of aliphatic hydroxyl groups is 1. The summed E-state index contributed by atoms with van der Waals surface area (Å²) in [6, 6.07) is 23.9. The molecule has 1 fully saturated rings. The van der Waals surface area contributed by atoms with Crippen molar-refractivity contribution in [3.05, 3.63) is 83.9 Å². The van der Waals surface area contributed by atoms with Gasteiger partial charge >= 0.3 is 0 Å². The van der Waals surface area contributed by atoms with Crippen molar-refractivity contribution >= 4 is 16.7 Å². The van der Waals surface area contributed by atoms with Crippen molar-refractivity contribution in [3.8, 4) is 0 Å². The quantitative estimate of drug-likeness (QED) is 0.747. The number of carbonyl (C=O) groups excluding carboxylic acids is 1. The zero-order chi connectivity index (χ0) is 17.2. The molecule has 1 aliphatic carbocycles. The van der Waals surface area contributed by atoms with Gasteiger partial charge in [0.1, 0.15) is 0 Å². The van der Waals surface area contributed by atoms with Crippen LogP contribution in [-0.2, 0) is 4.79 Å². The molecule has 3 atom stereocenters. The Hall–Kier alpha value is -2.65. The number of benzene rings is 3. The van der Waals surface area contributed by atoms with Gasteiger partial charge in [0, 0.05) is 5.92 Å². The van der Waals surface area contributed by atoms with Crippen LogP contribution < -0.4 is 5.32 Å². The smallest absolute Gasteiger partial charge is 0.224 e. The molecule has 0 aromatic heterocycles. The molecule has 25 heavy (non-hydrogen) atoms. The van der Waals surface area contributed by atoms with Gasteiger partial charge < -0.3 is 10.4 Å². The summed E-state index contributed by atoms with van der Waals surface area (Å²) in [5.74, 6) is 0.343. The number of hydrogen-bond acceptors (Lipinski definition) is 2. The summed E-state index contributed by atoms with van der Waals surface area (Å²) < 4.78 is 0. The summed E-state index contributed by atoms with van der Waals surface area (Å²) in [6.45, 7) is -0.104. The first-order valence-electron chi connectivity index (χ1n) is 8.71. The third-order valence-electron chi connectivity index (χ3n) is 5.03. The molecule has 1 amide bonds. The average Bonchev–Trinajstić information content (AvgIpc) is 3.47. The molecule has 1 saturated carbocycles. The lowest BCUT2D eigenvalue weighted by atomic mass is 10.0. The van der Waals surface area contributed by atoms with Gasteiger partial charge in [-0.05, 0) is 40.3 Å². The molecule has 0 heterocycles. The molecule has 3 heteroatoms. The van der Waals surface area contributed by atoms with Crippen LogP contribution in [0.5, 0.6) is 0 Å². The SMILES string of the molecule is O=C(N[C@@H](CO)c1ccc2ccccc2c1)C1CC1c1ccccc1. The highest BCUT2D eigenvalue weighted by Gasteiger charge is 2.44. The van der Waals surface area contributed by atoms with Gasteiger partial charge in [-0.2, -0.15) is 0 Å². The zero-order valence-electron chi connectivity index (χ0n) is 13.9. The van der Waals surface area contributed by atoms with Crippen LogP contribution in [0.1, 0.15) is 29.5 Å². The van der Waals surface area contributed by atoms with Crippen molar-refractivity contribution in [2.24, 2.45) is 5.92 Å². The summed E-state index contributed by atoms with van der Waals surface area (Å²) in [5.41, 5.74) is 2.15. The van der Waals surface area contributed by atoms with E-state index in [1.807, 2.05) is 54.6 Å². The van der Waals surface area contributed by atoms with E-state index < -0.39 is 0 Å².